The number of hydrogen-bond acceptors (Lipinski definition) is 5. The highest BCUT2D eigenvalue weighted by atomic mass is 16.5. The van der Waals surface area contributed by atoms with Crippen molar-refractivity contribution in [1.82, 2.24) is 10.9 Å². The summed E-state index contributed by atoms with van der Waals surface area (Å²) in [5, 5.41) is 2.10. The van der Waals surface area contributed by atoms with Gasteiger partial charge in [0.1, 0.15) is 5.75 Å². The number of hydrazine groups is 1. The van der Waals surface area contributed by atoms with E-state index in [0.717, 1.165) is 10.8 Å². The van der Waals surface area contributed by atoms with Gasteiger partial charge in [0.15, 0.2) is 17.6 Å². The van der Waals surface area contributed by atoms with Gasteiger partial charge < -0.3 is 14.2 Å². The fraction of sp³-hybridized carbons (Fsp3) is 0.250. The fourth-order valence-corrected chi connectivity index (χ4v) is 2.98. The van der Waals surface area contributed by atoms with Crippen molar-refractivity contribution in [3.05, 3.63) is 66.2 Å². The third-order valence-electron chi connectivity index (χ3n) is 4.51. The average Bonchev–Trinajstić information content (AvgIpc) is 2.78. The van der Waals surface area contributed by atoms with Gasteiger partial charge in [0.25, 0.3) is 11.8 Å². The van der Waals surface area contributed by atoms with Crippen LogP contribution in [0.2, 0.25) is 0 Å². The Hall–Kier alpha value is -3.74. The number of nitrogens with one attached hydrogen (secondary N) is 2. The van der Waals surface area contributed by atoms with Crippen molar-refractivity contribution in [3.63, 3.8) is 0 Å². The topological polar surface area (TPSA) is 85.9 Å². The maximum atomic E-state index is 12.4. The molecule has 0 saturated carbocycles. The highest BCUT2D eigenvalue weighted by Crippen LogP contribution is 2.28. The molecule has 3 aromatic rings. The van der Waals surface area contributed by atoms with Gasteiger partial charge in [0.2, 0.25) is 0 Å². The SMILES string of the molecule is CCOc1ccc(C(=O)NNC(=O)C(C)Oc2ccc3ccccc3c2)cc1OCC. The monoisotopic (exact) mass is 422 g/mol. The van der Waals surface area contributed by atoms with Crippen LogP contribution in [-0.2, 0) is 4.79 Å². The van der Waals surface area contributed by atoms with Crippen molar-refractivity contribution >= 4 is 22.6 Å². The van der Waals surface area contributed by atoms with Crippen LogP contribution in [0.4, 0.5) is 0 Å². The predicted octanol–water partition coefficient (Wildman–Crippen LogP) is 3.87. The van der Waals surface area contributed by atoms with Gasteiger partial charge >= 0.3 is 0 Å². The number of amides is 2. The van der Waals surface area contributed by atoms with E-state index in [1.807, 2.05) is 50.2 Å². The van der Waals surface area contributed by atoms with Gasteiger partial charge in [-0.15, -0.1) is 0 Å². The highest BCUT2D eigenvalue weighted by Gasteiger charge is 2.17. The zero-order valence-electron chi connectivity index (χ0n) is 17.8. The number of benzene rings is 3. The smallest absolute Gasteiger partial charge is 0.279 e. The number of hydrogen-bond donors (Lipinski definition) is 2. The third kappa shape index (κ3) is 5.66. The van der Waals surface area contributed by atoms with Gasteiger partial charge in [0.05, 0.1) is 13.2 Å². The Balaban J connectivity index is 1.58. The Morgan fingerprint density at radius 1 is 0.839 bits per heavy atom. The molecule has 1 atom stereocenters. The second kappa shape index (κ2) is 10.3. The molecule has 0 spiro atoms. The molecule has 0 aliphatic rings. The lowest BCUT2D eigenvalue weighted by Crippen LogP contribution is -2.47. The van der Waals surface area contributed by atoms with Crippen molar-refractivity contribution in [2.45, 2.75) is 26.9 Å². The van der Waals surface area contributed by atoms with E-state index in [1.165, 1.54) is 0 Å². The molecule has 1 unspecified atom stereocenters. The molecule has 0 bridgehead atoms. The number of ether oxygens (including phenoxy) is 3. The quantitative estimate of drug-likeness (QED) is 0.539. The van der Waals surface area contributed by atoms with Crippen LogP contribution < -0.4 is 25.1 Å². The van der Waals surface area contributed by atoms with E-state index in [2.05, 4.69) is 10.9 Å². The normalized spacial score (nSPS) is 11.5. The predicted molar refractivity (Wildman–Crippen MR) is 118 cm³/mol. The number of carbonyl (C=O) groups is 2. The Kier molecular flexibility index (Phi) is 7.32. The minimum absolute atomic E-state index is 0.329. The molecule has 31 heavy (non-hydrogen) atoms. The molecule has 0 aliphatic heterocycles. The molecule has 0 radical (unpaired) electrons. The first kappa shape index (κ1) is 22.0. The molecule has 0 fully saturated rings. The number of carbonyl (C=O) groups excluding carboxylic acids is 2. The molecule has 3 aromatic carbocycles. The van der Waals surface area contributed by atoms with Crippen LogP contribution in [0.5, 0.6) is 17.2 Å². The maximum absolute atomic E-state index is 12.4. The summed E-state index contributed by atoms with van der Waals surface area (Å²) in [6.07, 6.45) is -0.805. The lowest BCUT2D eigenvalue weighted by Gasteiger charge is -2.16. The number of fused-ring (bicyclic) bond motifs is 1. The largest absolute Gasteiger partial charge is 0.490 e. The average molecular weight is 422 g/mol. The molecular weight excluding hydrogens is 396 g/mol. The Labute approximate surface area is 181 Å². The van der Waals surface area contributed by atoms with E-state index in [1.54, 1.807) is 31.2 Å². The number of rotatable bonds is 8. The summed E-state index contributed by atoms with van der Waals surface area (Å²) in [5.41, 5.74) is 5.12. The molecule has 162 valence electrons. The minimum atomic E-state index is -0.805. The maximum Gasteiger partial charge on any atom is 0.279 e. The lowest BCUT2D eigenvalue weighted by molar-refractivity contribution is -0.128. The van der Waals surface area contributed by atoms with Crippen molar-refractivity contribution in [2.75, 3.05) is 13.2 Å². The minimum Gasteiger partial charge on any atom is -0.490 e. The van der Waals surface area contributed by atoms with Crippen LogP contribution in [-0.4, -0.2) is 31.1 Å². The van der Waals surface area contributed by atoms with E-state index in [9.17, 15) is 9.59 Å². The highest BCUT2D eigenvalue weighted by molar-refractivity contribution is 5.96. The van der Waals surface area contributed by atoms with Crippen molar-refractivity contribution < 1.29 is 23.8 Å². The first-order valence-corrected chi connectivity index (χ1v) is 10.2. The zero-order chi connectivity index (χ0) is 22.2. The molecule has 3 rings (SSSR count). The summed E-state index contributed by atoms with van der Waals surface area (Å²) in [4.78, 5) is 24.8. The van der Waals surface area contributed by atoms with Crippen molar-refractivity contribution in [3.8, 4) is 17.2 Å². The van der Waals surface area contributed by atoms with Crippen molar-refractivity contribution in [2.24, 2.45) is 0 Å². The van der Waals surface area contributed by atoms with Crippen LogP contribution in [0.1, 0.15) is 31.1 Å². The van der Waals surface area contributed by atoms with Gasteiger partial charge in [-0.25, -0.2) is 0 Å². The zero-order valence-corrected chi connectivity index (χ0v) is 17.8. The summed E-state index contributed by atoms with van der Waals surface area (Å²) < 4.78 is 16.7. The van der Waals surface area contributed by atoms with E-state index >= 15 is 0 Å². The van der Waals surface area contributed by atoms with Gasteiger partial charge in [-0.05, 0) is 61.9 Å². The third-order valence-corrected chi connectivity index (χ3v) is 4.51. The molecule has 0 saturated heterocycles. The van der Waals surface area contributed by atoms with Gasteiger partial charge in [-0.3, -0.25) is 20.4 Å². The molecule has 7 nitrogen and oxygen atoms in total. The van der Waals surface area contributed by atoms with Crippen LogP contribution >= 0.6 is 0 Å². The standard InChI is InChI=1S/C24H26N2O5/c1-4-29-21-13-11-19(15-22(21)30-5-2)24(28)26-25-23(27)16(3)31-20-12-10-17-8-6-7-9-18(17)14-20/h6-16H,4-5H2,1-3H3,(H,25,27)(H,26,28). The van der Waals surface area contributed by atoms with E-state index in [0.29, 0.717) is 36.0 Å². The van der Waals surface area contributed by atoms with Crippen molar-refractivity contribution in [1.29, 1.82) is 0 Å². The van der Waals surface area contributed by atoms with E-state index in [-0.39, 0.29) is 0 Å². The van der Waals surface area contributed by atoms with Gasteiger partial charge in [-0.1, -0.05) is 30.3 Å². The summed E-state index contributed by atoms with van der Waals surface area (Å²) in [6, 6.07) is 18.3. The fourth-order valence-electron chi connectivity index (χ4n) is 2.98. The second-order valence-electron chi connectivity index (χ2n) is 6.74. The first-order chi connectivity index (χ1) is 15.0. The Morgan fingerprint density at radius 3 is 2.29 bits per heavy atom. The molecule has 0 aromatic heterocycles. The second-order valence-corrected chi connectivity index (χ2v) is 6.74. The molecule has 0 aliphatic carbocycles. The lowest BCUT2D eigenvalue weighted by atomic mass is 10.1. The Morgan fingerprint density at radius 2 is 1.55 bits per heavy atom. The van der Waals surface area contributed by atoms with E-state index < -0.39 is 17.9 Å². The first-order valence-electron chi connectivity index (χ1n) is 10.2. The molecule has 2 N–H and O–H groups in total. The summed E-state index contributed by atoms with van der Waals surface area (Å²) >= 11 is 0. The molecule has 2 amide bonds. The summed E-state index contributed by atoms with van der Waals surface area (Å²) in [6.45, 7) is 6.25. The van der Waals surface area contributed by atoms with Crippen LogP contribution in [0, 0.1) is 0 Å². The molecular formula is C24H26N2O5. The van der Waals surface area contributed by atoms with E-state index in [4.69, 9.17) is 14.2 Å². The van der Waals surface area contributed by atoms with Crippen LogP contribution in [0.25, 0.3) is 10.8 Å². The van der Waals surface area contributed by atoms with Crippen LogP contribution in [0.3, 0.4) is 0 Å². The van der Waals surface area contributed by atoms with Gasteiger partial charge in [-0.2, -0.15) is 0 Å². The summed E-state index contributed by atoms with van der Waals surface area (Å²) in [5.74, 6) is 0.645. The van der Waals surface area contributed by atoms with Gasteiger partial charge in [0, 0.05) is 5.56 Å². The molecule has 7 heteroatoms. The Bertz CT molecular complexity index is 1070. The van der Waals surface area contributed by atoms with Crippen LogP contribution in [0.15, 0.2) is 60.7 Å². The molecule has 0 heterocycles. The summed E-state index contributed by atoms with van der Waals surface area (Å²) in [7, 11) is 0.